The molecule has 0 radical (unpaired) electrons. The lowest BCUT2D eigenvalue weighted by Gasteiger charge is -2.34. The first-order valence-corrected chi connectivity index (χ1v) is 11.1. The minimum Gasteiger partial charge on any atom is -0.381 e. The summed E-state index contributed by atoms with van der Waals surface area (Å²) in [6, 6.07) is 7.79. The van der Waals surface area contributed by atoms with E-state index in [9.17, 15) is 4.79 Å². The largest absolute Gasteiger partial charge is 0.381 e. The number of carbonyl (C=O) groups excluding carboxylic acids is 1. The number of primary amides is 1. The standard InChI is InChI=1S/C20H27ClN4O3S/c1-2-25(10-9-24-28-20(19(22)26)7-11-27-12-8-20)18-14-29-17(13-23-18)15-3-5-16(21)6-4-15/h3-6,13,24H,2,7-12,14H2,1H3,(H2,22,26). The molecule has 0 aromatic heterocycles. The molecule has 0 aliphatic carbocycles. The van der Waals surface area contributed by atoms with E-state index in [1.54, 1.807) is 11.8 Å². The maximum atomic E-state index is 11.8. The highest BCUT2D eigenvalue weighted by molar-refractivity contribution is 8.08. The number of thioether (sulfide) groups is 1. The number of aliphatic imine (C=N–C) groups is 1. The molecule has 2 heterocycles. The molecule has 1 amide bonds. The number of nitrogens with zero attached hydrogens (tertiary/aromatic N) is 2. The Morgan fingerprint density at radius 2 is 2.10 bits per heavy atom. The van der Waals surface area contributed by atoms with Crippen molar-refractivity contribution in [2.45, 2.75) is 25.4 Å². The number of hydrogen-bond donors (Lipinski definition) is 2. The number of hydrogen-bond acceptors (Lipinski definition) is 7. The second-order valence-corrected chi connectivity index (χ2v) is 8.33. The summed E-state index contributed by atoms with van der Waals surface area (Å²) < 4.78 is 5.31. The van der Waals surface area contributed by atoms with Crippen LogP contribution in [0.5, 0.6) is 0 Å². The minimum absolute atomic E-state index is 0.450. The van der Waals surface area contributed by atoms with Gasteiger partial charge in [-0.25, -0.2) is 4.99 Å². The molecule has 3 rings (SSSR count). The first-order chi connectivity index (χ1) is 14.0. The molecule has 0 unspecified atom stereocenters. The van der Waals surface area contributed by atoms with Gasteiger partial charge in [0.1, 0.15) is 5.84 Å². The Kier molecular flexibility index (Phi) is 7.97. The van der Waals surface area contributed by atoms with Crippen LogP contribution in [0.2, 0.25) is 5.02 Å². The summed E-state index contributed by atoms with van der Waals surface area (Å²) >= 11 is 7.72. The second kappa shape index (κ2) is 10.4. The Bertz CT molecular complexity index is 763. The fourth-order valence-electron chi connectivity index (χ4n) is 3.23. The number of likely N-dealkylation sites (N-methyl/N-ethyl adjacent to an activating group) is 1. The van der Waals surface area contributed by atoms with Crippen LogP contribution in [0.3, 0.4) is 0 Å². The number of nitrogens with two attached hydrogens (primary N) is 1. The van der Waals surface area contributed by atoms with Crippen LogP contribution >= 0.6 is 23.4 Å². The van der Waals surface area contributed by atoms with Crippen LogP contribution < -0.4 is 11.2 Å². The van der Waals surface area contributed by atoms with Crippen molar-refractivity contribution in [1.29, 1.82) is 0 Å². The number of ether oxygens (including phenoxy) is 1. The van der Waals surface area contributed by atoms with Crippen molar-refractivity contribution >= 4 is 40.0 Å². The molecule has 0 atom stereocenters. The van der Waals surface area contributed by atoms with Gasteiger partial charge in [-0.2, -0.15) is 5.48 Å². The molecule has 29 heavy (non-hydrogen) atoms. The molecule has 7 nitrogen and oxygen atoms in total. The van der Waals surface area contributed by atoms with E-state index in [-0.39, 0.29) is 0 Å². The molecule has 3 N–H and O–H groups in total. The van der Waals surface area contributed by atoms with Gasteiger partial charge in [-0.3, -0.25) is 9.63 Å². The Morgan fingerprint density at radius 1 is 1.38 bits per heavy atom. The summed E-state index contributed by atoms with van der Waals surface area (Å²) in [5.74, 6) is 1.37. The van der Waals surface area contributed by atoms with Crippen molar-refractivity contribution in [1.82, 2.24) is 10.4 Å². The monoisotopic (exact) mass is 438 g/mol. The molecule has 1 aromatic rings. The first kappa shape index (κ1) is 22.1. The van der Waals surface area contributed by atoms with Crippen molar-refractivity contribution in [3.63, 3.8) is 0 Å². The van der Waals surface area contributed by atoms with Gasteiger partial charge in [-0.05, 0) is 24.6 Å². The van der Waals surface area contributed by atoms with Gasteiger partial charge in [0.15, 0.2) is 5.60 Å². The van der Waals surface area contributed by atoms with Crippen LogP contribution in [-0.4, -0.2) is 60.8 Å². The fraction of sp³-hybridized carbons (Fsp3) is 0.500. The van der Waals surface area contributed by atoms with E-state index in [1.807, 2.05) is 30.5 Å². The summed E-state index contributed by atoms with van der Waals surface area (Å²) in [6.07, 6.45) is 2.84. The first-order valence-electron chi connectivity index (χ1n) is 9.73. The van der Waals surface area contributed by atoms with Gasteiger partial charge < -0.3 is 15.4 Å². The van der Waals surface area contributed by atoms with E-state index in [1.165, 1.54) is 0 Å². The van der Waals surface area contributed by atoms with Crippen LogP contribution in [0.4, 0.5) is 0 Å². The summed E-state index contributed by atoms with van der Waals surface area (Å²) in [7, 11) is 0. The Morgan fingerprint density at radius 3 is 2.69 bits per heavy atom. The highest BCUT2D eigenvalue weighted by Crippen LogP contribution is 2.31. The summed E-state index contributed by atoms with van der Waals surface area (Å²) in [5, 5.41) is 0.727. The highest BCUT2D eigenvalue weighted by atomic mass is 35.5. The topological polar surface area (TPSA) is 89.2 Å². The maximum absolute atomic E-state index is 11.8. The van der Waals surface area contributed by atoms with Crippen LogP contribution in [0.15, 0.2) is 35.5 Å². The zero-order chi connectivity index (χ0) is 20.7. The van der Waals surface area contributed by atoms with Crippen molar-refractivity contribution in [3.8, 4) is 0 Å². The maximum Gasteiger partial charge on any atom is 0.252 e. The number of rotatable bonds is 8. The minimum atomic E-state index is -0.982. The third-order valence-electron chi connectivity index (χ3n) is 5.06. The molecule has 2 aliphatic heterocycles. The zero-order valence-corrected chi connectivity index (χ0v) is 18.1. The Labute approximate surface area is 180 Å². The number of halogens is 1. The lowest BCUT2D eigenvalue weighted by atomic mass is 9.94. The van der Waals surface area contributed by atoms with Crippen LogP contribution in [0.25, 0.3) is 4.91 Å². The molecular formula is C20H27ClN4O3S. The number of amidine groups is 1. The third kappa shape index (κ3) is 5.73. The summed E-state index contributed by atoms with van der Waals surface area (Å²) in [5.41, 5.74) is 8.62. The number of carbonyl (C=O) groups is 1. The number of benzene rings is 1. The average Bonchev–Trinajstić information content (AvgIpc) is 2.75. The Hall–Kier alpha value is -1.58. The quantitative estimate of drug-likeness (QED) is 0.479. The van der Waals surface area contributed by atoms with E-state index in [4.69, 9.17) is 26.9 Å². The SMILES string of the molecule is CCN(CCNOC1(C(N)=O)CCOCC1)C1=NC=C(c2ccc(Cl)cc2)SC1. The highest BCUT2D eigenvalue weighted by Gasteiger charge is 2.40. The number of nitrogens with one attached hydrogen (secondary N) is 1. The third-order valence-corrected chi connectivity index (χ3v) is 6.37. The van der Waals surface area contributed by atoms with Gasteiger partial charge >= 0.3 is 0 Å². The van der Waals surface area contributed by atoms with Crippen molar-refractivity contribution < 1.29 is 14.4 Å². The van der Waals surface area contributed by atoms with Crippen LogP contribution in [0, 0.1) is 0 Å². The molecule has 1 saturated heterocycles. The van der Waals surface area contributed by atoms with Crippen LogP contribution in [0.1, 0.15) is 25.3 Å². The molecule has 1 aromatic carbocycles. The fourth-order valence-corrected chi connectivity index (χ4v) is 4.33. The normalized spacial score (nSPS) is 18.7. The van der Waals surface area contributed by atoms with E-state index < -0.39 is 11.5 Å². The molecule has 0 bridgehead atoms. The van der Waals surface area contributed by atoms with Gasteiger partial charge in [-0.15, -0.1) is 11.8 Å². The van der Waals surface area contributed by atoms with Gasteiger partial charge in [-0.1, -0.05) is 23.7 Å². The average molecular weight is 439 g/mol. The van der Waals surface area contributed by atoms with E-state index in [2.05, 4.69) is 22.3 Å². The van der Waals surface area contributed by atoms with Gasteiger partial charge in [0.25, 0.3) is 5.91 Å². The van der Waals surface area contributed by atoms with Crippen molar-refractivity contribution in [3.05, 3.63) is 41.1 Å². The molecule has 158 valence electrons. The second-order valence-electron chi connectivity index (χ2n) is 6.88. The molecule has 1 fully saturated rings. The van der Waals surface area contributed by atoms with Gasteiger partial charge in [0.2, 0.25) is 0 Å². The molecule has 2 aliphatic rings. The molecule has 0 saturated carbocycles. The zero-order valence-electron chi connectivity index (χ0n) is 16.5. The van der Waals surface area contributed by atoms with Crippen LogP contribution in [-0.2, 0) is 14.4 Å². The van der Waals surface area contributed by atoms with E-state index >= 15 is 0 Å². The summed E-state index contributed by atoms with van der Waals surface area (Å²) in [4.78, 5) is 25.5. The van der Waals surface area contributed by atoms with E-state index in [0.717, 1.165) is 33.6 Å². The van der Waals surface area contributed by atoms with Crippen molar-refractivity contribution in [2.24, 2.45) is 10.7 Å². The molecular weight excluding hydrogens is 412 g/mol. The smallest absolute Gasteiger partial charge is 0.252 e. The lowest BCUT2D eigenvalue weighted by molar-refractivity contribution is -0.174. The molecule has 9 heteroatoms. The summed E-state index contributed by atoms with van der Waals surface area (Å²) in [6.45, 7) is 5.15. The Balaban J connectivity index is 1.52. The molecule has 0 spiro atoms. The lowest BCUT2D eigenvalue weighted by Crippen LogP contribution is -2.53. The predicted octanol–water partition coefficient (Wildman–Crippen LogP) is 2.66. The van der Waals surface area contributed by atoms with Gasteiger partial charge in [0.05, 0.1) is 5.75 Å². The van der Waals surface area contributed by atoms with E-state index in [0.29, 0.717) is 39.1 Å². The number of amides is 1. The predicted molar refractivity (Wildman–Crippen MR) is 118 cm³/mol. The number of hydroxylamine groups is 1. The van der Waals surface area contributed by atoms with Crippen molar-refractivity contribution in [2.75, 3.05) is 38.6 Å². The van der Waals surface area contributed by atoms with Gasteiger partial charge in [0, 0.05) is 61.8 Å².